The number of esters is 1. The highest BCUT2D eigenvalue weighted by Gasteiger charge is 2.45. The Morgan fingerprint density at radius 3 is 2.27 bits per heavy atom. The minimum Gasteiger partial charge on any atom is -0.467 e. The number of nitrogens with zero attached hydrogens (tertiary/aromatic N) is 1. The first-order valence-electron chi connectivity index (χ1n) is 13.2. The van der Waals surface area contributed by atoms with Gasteiger partial charge in [0.25, 0.3) is 0 Å². The van der Waals surface area contributed by atoms with Crippen molar-refractivity contribution in [1.29, 1.82) is 0 Å². The van der Waals surface area contributed by atoms with Crippen molar-refractivity contribution in [2.24, 2.45) is 29.6 Å². The summed E-state index contributed by atoms with van der Waals surface area (Å²) in [5, 5.41) is 6.64. The van der Waals surface area contributed by atoms with E-state index in [1.54, 1.807) is 0 Å². The molecule has 188 valence electrons. The number of rotatable bonds is 7. The van der Waals surface area contributed by atoms with Crippen molar-refractivity contribution in [2.45, 2.75) is 104 Å². The van der Waals surface area contributed by atoms with Crippen molar-refractivity contribution in [3.63, 3.8) is 0 Å². The Bertz CT molecular complexity index is 718. The number of urea groups is 1. The third-order valence-electron chi connectivity index (χ3n) is 8.73. The quantitative estimate of drug-likeness (QED) is 0.518. The van der Waals surface area contributed by atoms with Crippen molar-refractivity contribution in [1.82, 2.24) is 15.5 Å². The number of carbonyl (C=O) groups is 2. The zero-order chi connectivity index (χ0) is 24.3. The van der Waals surface area contributed by atoms with Gasteiger partial charge in [-0.3, -0.25) is 0 Å². The third kappa shape index (κ3) is 5.51. The molecule has 5 unspecified atom stereocenters. The monoisotopic (exact) mass is 461 g/mol. The number of amides is 2. The minimum atomic E-state index is -1.09. The van der Waals surface area contributed by atoms with Gasteiger partial charge >= 0.3 is 12.0 Å². The van der Waals surface area contributed by atoms with E-state index in [0.717, 1.165) is 19.3 Å². The molecule has 2 amide bonds. The largest absolute Gasteiger partial charge is 0.467 e. The van der Waals surface area contributed by atoms with Gasteiger partial charge < -0.3 is 20.3 Å². The lowest BCUT2D eigenvalue weighted by Gasteiger charge is -2.47. The molecular weight excluding hydrogens is 414 g/mol. The Morgan fingerprint density at radius 2 is 1.70 bits per heavy atom. The molecule has 1 heterocycles. The lowest BCUT2D eigenvalue weighted by atomic mass is 9.68. The van der Waals surface area contributed by atoms with Gasteiger partial charge in [0.2, 0.25) is 0 Å². The normalized spacial score (nSPS) is 31.3. The summed E-state index contributed by atoms with van der Waals surface area (Å²) in [5.74, 6) is 2.03. The summed E-state index contributed by atoms with van der Waals surface area (Å²) in [7, 11) is 3.33. The van der Waals surface area contributed by atoms with E-state index in [-0.39, 0.29) is 18.0 Å². The maximum atomic E-state index is 13.6. The molecule has 6 heteroatoms. The molecule has 0 saturated heterocycles. The van der Waals surface area contributed by atoms with Gasteiger partial charge in [-0.1, -0.05) is 47.0 Å². The van der Waals surface area contributed by atoms with Gasteiger partial charge in [-0.05, 0) is 68.1 Å². The lowest BCUT2D eigenvalue weighted by molar-refractivity contribution is -0.147. The van der Waals surface area contributed by atoms with Gasteiger partial charge in [0.15, 0.2) is 0 Å². The number of nitrogens with one attached hydrogen (secondary N) is 2. The standard InChI is InChI=1S/C27H47N3O3/c1-17(2)20-12-10-13-21(18(3)4)24(20)30(6)26(32)29-27(5,25(31)33-7)15-19-16-28-23-14-9-8-11-22(19)23/h16-18,20-24,28H,8-15H2,1-7H3,(H,29,32). The zero-order valence-corrected chi connectivity index (χ0v) is 21.9. The molecular formula is C27H47N3O3. The summed E-state index contributed by atoms with van der Waals surface area (Å²) >= 11 is 0. The van der Waals surface area contributed by atoms with Crippen molar-refractivity contribution in [3.05, 3.63) is 11.8 Å². The first-order valence-corrected chi connectivity index (χ1v) is 13.2. The molecule has 0 radical (unpaired) electrons. The van der Waals surface area contributed by atoms with Crippen LogP contribution in [0.3, 0.4) is 0 Å². The summed E-state index contributed by atoms with van der Waals surface area (Å²) < 4.78 is 5.19. The van der Waals surface area contributed by atoms with Gasteiger partial charge in [0, 0.05) is 31.5 Å². The van der Waals surface area contributed by atoms with Gasteiger partial charge in [-0.15, -0.1) is 0 Å². The maximum Gasteiger partial charge on any atom is 0.331 e. The van der Waals surface area contributed by atoms with Crippen LogP contribution in [0.1, 0.15) is 86.0 Å². The van der Waals surface area contributed by atoms with E-state index in [1.165, 1.54) is 38.4 Å². The van der Waals surface area contributed by atoms with E-state index in [2.05, 4.69) is 44.5 Å². The SMILES string of the molecule is COC(=O)C(C)(CC1=CNC2CCCCC12)NC(=O)N(C)C1C(C(C)C)CCCC1C(C)C. The molecule has 0 aromatic heterocycles. The molecule has 3 aliphatic rings. The second-order valence-corrected chi connectivity index (χ2v) is 11.7. The second-order valence-electron chi connectivity index (χ2n) is 11.7. The van der Waals surface area contributed by atoms with Crippen LogP contribution in [0.5, 0.6) is 0 Å². The van der Waals surface area contributed by atoms with E-state index in [9.17, 15) is 9.59 Å². The molecule has 2 N–H and O–H groups in total. The molecule has 3 rings (SSSR count). The fourth-order valence-electron chi connectivity index (χ4n) is 6.82. The Balaban J connectivity index is 1.79. The van der Waals surface area contributed by atoms with Gasteiger partial charge in [-0.2, -0.15) is 0 Å². The lowest BCUT2D eigenvalue weighted by Crippen LogP contribution is -2.60. The van der Waals surface area contributed by atoms with Crippen molar-refractivity contribution in [3.8, 4) is 0 Å². The number of hydrogen-bond donors (Lipinski definition) is 2. The van der Waals surface area contributed by atoms with Crippen LogP contribution in [0.4, 0.5) is 4.79 Å². The molecule has 33 heavy (non-hydrogen) atoms. The minimum absolute atomic E-state index is 0.169. The summed E-state index contributed by atoms with van der Waals surface area (Å²) in [6, 6.07) is 0.475. The first kappa shape index (κ1) is 25.9. The predicted molar refractivity (Wildman–Crippen MR) is 133 cm³/mol. The smallest absolute Gasteiger partial charge is 0.331 e. The summed E-state index contributed by atoms with van der Waals surface area (Å²) in [6.07, 6.45) is 10.9. The molecule has 2 aliphatic carbocycles. The van der Waals surface area contributed by atoms with Crippen molar-refractivity contribution in [2.75, 3.05) is 14.2 Å². The number of hydrogen-bond acceptors (Lipinski definition) is 4. The number of fused-ring (bicyclic) bond motifs is 1. The van der Waals surface area contributed by atoms with Crippen LogP contribution in [0.2, 0.25) is 0 Å². The van der Waals surface area contributed by atoms with Gasteiger partial charge in [-0.25, -0.2) is 9.59 Å². The summed E-state index contributed by atoms with van der Waals surface area (Å²) in [5.41, 5.74) is 0.142. The van der Waals surface area contributed by atoms with Gasteiger partial charge in [0.1, 0.15) is 5.54 Å². The molecule has 0 aromatic rings. The van der Waals surface area contributed by atoms with Crippen LogP contribution in [0.15, 0.2) is 11.8 Å². The van der Waals surface area contributed by atoms with E-state index >= 15 is 0 Å². The van der Waals surface area contributed by atoms with Crippen molar-refractivity contribution < 1.29 is 14.3 Å². The highest BCUT2D eigenvalue weighted by Crippen LogP contribution is 2.41. The fourth-order valence-corrected chi connectivity index (χ4v) is 6.82. The van der Waals surface area contributed by atoms with E-state index in [4.69, 9.17) is 4.74 Å². The zero-order valence-electron chi connectivity index (χ0n) is 21.9. The number of carbonyl (C=O) groups excluding carboxylic acids is 2. The molecule has 5 atom stereocenters. The highest BCUT2D eigenvalue weighted by atomic mass is 16.5. The average Bonchev–Trinajstić information content (AvgIpc) is 3.19. The predicted octanol–water partition coefficient (Wildman–Crippen LogP) is 5.09. The molecule has 1 aliphatic heterocycles. The van der Waals surface area contributed by atoms with Crippen LogP contribution in [-0.2, 0) is 9.53 Å². The average molecular weight is 462 g/mol. The topological polar surface area (TPSA) is 70.7 Å². The van der Waals surface area contributed by atoms with E-state index < -0.39 is 5.54 Å². The molecule has 0 aromatic carbocycles. The molecule has 2 fully saturated rings. The van der Waals surface area contributed by atoms with Crippen LogP contribution in [0.25, 0.3) is 0 Å². The Labute approximate surface area is 201 Å². The number of ether oxygens (including phenoxy) is 1. The first-order chi connectivity index (χ1) is 15.6. The van der Waals surface area contributed by atoms with Crippen LogP contribution < -0.4 is 10.6 Å². The fraction of sp³-hybridized carbons (Fsp3) is 0.852. The molecule has 0 spiro atoms. The van der Waals surface area contributed by atoms with Gasteiger partial charge in [0.05, 0.1) is 7.11 Å². The number of methoxy groups -OCH3 is 1. The van der Waals surface area contributed by atoms with E-state index in [1.807, 2.05) is 18.9 Å². The van der Waals surface area contributed by atoms with E-state index in [0.29, 0.717) is 42.1 Å². The Morgan fingerprint density at radius 1 is 1.09 bits per heavy atom. The van der Waals surface area contributed by atoms with Crippen LogP contribution in [0, 0.1) is 29.6 Å². The maximum absolute atomic E-state index is 13.6. The third-order valence-corrected chi connectivity index (χ3v) is 8.73. The van der Waals surface area contributed by atoms with Crippen LogP contribution in [-0.4, -0.2) is 48.7 Å². The van der Waals surface area contributed by atoms with Crippen molar-refractivity contribution >= 4 is 12.0 Å². The van der Waals surface area contributed by atoms with Crippen LogP contribution >= 0.6 is 0 Å². The molecule has 0 bridgehead atoms. The summed E-state index contributed by atoms with van der Waals surface area (Å²) in [4.78, 5) is 28.5. The molecule has 6 nitrogen and oxygen atoms in total. The summed E-state index contributed by atoms with van der Waals surface area (Å²) in [6.45, 7) is 10.9. The Hall–Kier alpha value is -1.72. The highest BCUT2D eigenvalue weighted by molar-refractivity contribution is 5.87. The second kappa shape index (κ2) is 10.7. The Kier molecular flexibility index (Phi) is 8.39. The molecule has 2 saturated carbocycles.